The molecule has 0 amide bonds. The number of hydrogen-bond donors (Lipinski definition) is 0. The minimum Gasteiger partial charge on any atom is -0.396 e. The fourth-order valence-corrected chi connectivity index (χ4v) is 2.73. The van der Waals surface area contributed by atoms with Gasteiger partial charge in [-0.25, -0.2) is 4.39 Å². The molecule has 0 unspecified atom stereocenters. The zero-order valence-corrected chi connectivity index (χ0v) is 14.7. The molecule has 25 heavy (non-hydrogen) atoms. The van der Waals surface area contributed by atoms with Crippen LogP contribution in [0, 0.1) is 11.7 Å². The molecule has 0 saturated heterocycles. The third-order valence-corrected chi connectivity index (χ3v) is 3.86. The van der Waals surface area contributed by atoms with E-state index in [1.54, 1.807) is 12.1 Å². The minimum atomic E-state index is -0.273. The Labute approximate surface area is 146 Å². The third kappa shape index (κ3) is 3.87. The fraction of sp³-hybridized carbons (Fsp3) is 0.300. The first-order chi connectivity index (χ1) is 12.1. The van der Waals surface area contributed by atoms with Crippen LogP contribution >= 0.6 is 0 Å². The van der Waals surface area contributed by atoms with Crippen LogP contribution in [0.1, 0.15) is 31.9 Å². The van der Waals surface area contributed by atoms with E-state index >= 15 is 0 Å². The standard InChI is InChI=1S/C20H22FN3O/c1-4-25-23-20(15-5-8-18(21)9-6-15)16-7-10-19-17(11-16)12-22-24(19)13-14(2)3/h5-12,14H,4,13H2,1-3H3. The van der Waals surface area contributed by atoms with E-state index in [1.165, 1.54) is 12.1 Å². The zero-order valence-electron chi connectivity index (χ0n) is 14.7. The van der Waals surface area contributed by atoms with Crippen molar-refractivity contribution in [1.82, 2.24) is 9.78 Å². The Bertz CT molecular complexity index is 882. The van der Waals surface area contributed by atoms with E-state index in [0.29, 0.717) is 18.2 Å². The van der Waals surface area contributed by atoms with Gasteiger partial charge in [-0.05, 0) is 49.2 Å². The highest BCUT2D eigenvalue weighted by Gasteiger charge is 2.12. The maximum Gasteiger partial charge on any atom is 0.123 e. The molecule has 0 radical (unpaired) electrons. The molecule has 0 aliphatic rings. The van der Waals surface area contributed by atoms with E-state index in [2.05, 4.69) is 24.1 Å². The number of halogens is 1. The summed E-state index contributed by atoms with van der Waals surface area (Å²) >= 11 is 0. The highest BCUT2D eigenvalue weighted by molar-refractivity contribution is 6.13. The Hall–Kier alpha value is -2.69. The maximum absolute atomic E-state index is 13.2. The molecule has 0 fully saturated rings. The lowest BCUT2D eigenvalue weighted by Crippen LogP contribution is -2.07. The molecule has 130 valence electrons. The first-order valence-corrected chi connectivity index (χ1v) is 8.50. The Morgan fingerprint density at radius 3 is 2.56 bits per heavy atom. The first-order valence-electron chi connectivity index (χ1n) is 8.50. The zero-order chi connectivity index (χ0) is 17.8. The van der Waals surface area contributed by atoms with Gasteiger partial charge in [0.25, 0.3) is 0 Å². The van der Waals surface area contributed by atoms with Crippen LogP contribution in [0.2, 0.25) is 0 Å². The maximum atomic E-state index is 13.2. The Morgan fingerprint density at radius 1 is 1.16 bits per heavy atom. The topological polar surface area (TPSA) is 39.4 Å². The predicted molar refractivity (Wildman–Crippen MR) is 98.2 cm³/mol. The summed E-state index contributed by atoms with van der Waals surface area (Å²) in [7, 11) is 0. The third-order valence-electron chi connectivity index (χ3n) is 3.86. The highest BCUT2D eigenvalue weighted by Crippen LogP contribution is 2.20. The second-order valence-corrected chi connectivity index (χ2v) is 6.36. The van der Waals surface area contributed by atoms with Crippen molar-refractivity contribution in [2.45, 2.75) is 27.3 Å². The van der Waals surface area contributed by atoms with Gasteiger partial charge in [0.2, 0.25) is 0 Å². The van der Waals surface area contributed by atoms with Crippen molar-refractivity contribution in [3.05, 3.63) is 65.6 Å². The molecule has 2 aromatic carbocycles. The van der Waals surface area contributed by atoms with E-state index in [1.807, 2.05) is 36.0 Å². The van der Waals surface area contributed by atoms with Gasteiger partial charge in [0.05, 0.1) is 11.7 Å². The first kappa shape index (κ1) is 17.1. The number of benzene rings is 2. The molecule has 0 aliphatic carbocycles. The van der Waals surface area contributed by atoms with Crippen molar-refractivity contribution in [2.75, 3.05) is 6.61 Å². The van der Waals surface area contributed by atoms with Gasteiger partial charge < -0.3 is 4.84 Å². The van der Waals surface area contributed by atoms with Gasteiger partial charge in [-0.1, -0.05) is 25.1 Å². The number of aromatic nitrogens is 2. The number of oxime groups is 1. The van der Waals surface area contributed by atoms with Gasteiger partial charge in [0.1, 0.15) is 18.1 Å². The molecule has 1 aromatic heterocycles. The van der Waals surface area contributed by atoms with E-state index in [-0.39, 0.29) is 5.82 Å². The van der Waals surface area contributed by atoms with E-state index in [0.717, 1.165) is 28.6 Å². The average Bonchev–Trinajstić information content (AvgIpc) is 2.98. The van der Waals surface area contributed by atoms with Gasteiger partial charge in [-0.15, -0.1) is 0 Å². The molecule has 0 spiro atoms. The second kappa shape index (κ2) is 7.47. The predicted octanol–water partition coefficient (Wildman–Crippen LogP) is 4.62. The number of nitrogens with zero attached hydrogens (tertiary/aromatic N) is 3. The van der Waals surface area contributed by atoms with Crippen LogP contribution in [-0.4, -0.2) is 22.1 Å². The SMILES string of the molecule is CCON=C(c1ccc(F)cc1)c1ccc2c(cnn2CC(C)C)c1. The normalized spacial score (nSPS) is 12.1. The average molecular weight is 339 g/mol. The van der Waals surface area contributed by atoms with Crippen LogP contribution in [0.4, 0.5) is 4.39 Å². The molecule has 3 aromatic rings. The van der Waals surface area contributed by atoms with Crippen molar-refractivity contribution < 1.29 is 9.23 Å². The molecular weight excluding hydrogens is 317 g/mol. The summed E-state index contributed by atoms with van der Waals surface area (Å²) in [6.07, 6.45) is 1.87. The number of fused-ring (bicyclic) bond motifs is 1. The lowest BCUT2D eigenvalue weighted by molar-refractivity contribution is 0.159. The molecule has 0 aliphatic heterocycles. The van der Waals surface area contributed by atoms with Gasteiger partial charge in [-0.3, -0.25) is 4.68 Å². The van der Waals surface area contributed by atoms with Gasteiger partial charge in [0, 0.05) is 23.1 Å². The molecular formula is C20H22FN3O. The Morgan fingerprint density at radius 2 is 1.88 bits per heavy atom. The van der Waals surface area contributed by atoms with Crippen molar-refractivity contribution in [2.24, 2.45) is 11.1 Å². The van der Waals surface area contributed by atoms with Crippen LogP contribution in [-0.2, 0) is 11.4 Å². The Balaban J connectivity index is 2.02. The van der Waals surface area contributed by atoms with Crippen molar-refractivity contribution in [1.29, 1.82) is 0 Å². The van der Waals surface area contributed by atoms with Crippen LogP contribution in [0.5, 0.6) is 0 Å². The van der Waals surface area contributed by atoms with Gasteiger partial charge >= 0.3 is 0 Å². The van der Waals surface area contributed by atoms with Crippen LogP contribution in [0.3, 0.4) is 0 Å². The van der Waals surface area contributed by atoms with Crippen molar-refractivity contribution in [3.63, 3.8) is 0 Å². The largest absolute Gasteiger partial charge is 0.396 e. The summed E-state index contributed by atoms with van der Waals surface area (Å²) in [5, 5.41) is 9.77. The summed E-state index contributed by atoms with van der Waals surface area (Å²) in [5.41, 5.74) is 3.49. The lowest BCUT2D eigenvalue weighted by atomic mass is 10.0. The molecule has 0 atom stereocenters. The number of rotatable bonds is 6. The van der Waals surface area contributed by atoms with E-state index < -0.39 is 0 Å². The fourth-order valence-electron chi connectivity index (χ4n) is 2.73. The van der Waals surface area contributed by atoms with Gasteiger partial charge in [0.15, 0.2) is 0 Å². The van der Waals surface area contributed by atoms with Crippen LogP contribution in [0.15, 0.2) is 53.8 Å². The molecule has 0 N–H and O–H groups in total. The summed E-state index contributed by atoms with van der Waals surface area (Å²) in [4.78, 5) is 5.28. The quantitative estimate of drug-likeness (QED) is 0.485. The van der Waals surface area contributed by atoms with Crippen LogP contribution < -0.4 is 0 Å². The molecule has 0 saturated carbocycles. The summed E-state index contributed by atoms with van der Waals surface area (Å²) in [6, 6.07) is 12.4. The highest BCUT2D eigenvalue weighted by atomic mass is 19.1. The van der Waals surface area contributed by atoms with E-state index in [9.17, 15) is 4.39 Å². The summed E-state index contributed by atoms with van der Waals surface area (Å²) in [5.74, 6) is 0.252. The summed E-state index contributed by atoms with van der Waals surface area (Å²) < 4.78 is 15.3. The Kier molecular flexibility index (Phi) is 5.12. The molecule has 3 rings (SSSR count). The monoisotopic (exact) mass is 339 g/mol. The van der Waals surface area contributed by atoms with Gasteiger partial charge in [-0.2, -0.15) is 5.10 Å². The number of hydrogen-bond acceptors (Lipinski definition) is 3. The van der Waals surface area contributed by atoms with Crippen LogP contribution in [0.25, 0.3) is 10.9 Å². The van der Waals surface area contributed by atoms with Crippen molar-refractivity contribution in [3.8, 4) is 0 Å². The van der Waals surface area contributed by atoms with Crippen molar-refractivity contribution >= 4 is 16.6 Å². The molecule has 4 nitrogen and oxygen atoms in total. The minimum absolute atomic E-state index is 0.273. The summed E-state index contributed by atoms with van der Waals surface area (Å²) in [6.45, 7) is 7.57. The molecule has 1 heterocycles. The molecule has 0 bridgehead atoms. The van der Waals surface area contributed by atoms with E-state index in [4.69, 9.17) is 4.84 Å². The smallest absolute Gasteiger partial charge is 0.123 e. The molecule has 5 heteroatoms. The lowest BCUT2D eigenvalue weighted by Gasteiger charge is -2.09. The second-order valence-electron chi connectivity index (χ2n) is 6.36.